The summed E-state index contributed by atoms with van der Waals surface area (Å²) in [4.78, 5) is 4.03. The molecule has 1 aliphatic rings. The summed E-state index contributed by atoms with van der Waals surface area (Å²) in [5.74, 6) is -1.09. The van der Waals surface area contributed by atoms with E-state index in [1.54, 1.807) is 0 Å². The van der Waals surface area contributed by atoms with Gasteiger partial charge in [0.1, 0.15) is 26.7 Å². The van der Waals surface area contributed by atoms with Gasteiger partial charge in [0, 0.05) is 0 Å². The Morgan fingerprint density at radius 1 is 1.40 bits per heavy atom. The summed E-state index contributed by atoms with van der Waals surface area (Å²) < 4.78 is 37.8. The Hall–Kier alpha value is -1.02. The highest BCUT2D eigenvalue weighted by Crippen LogP contribution is 2.34. The summed E-state index contributed by atoms with van der Waals surface area (Å²) in [6, 6.07) is 2.66. The van der Waals surface area contributed by atoms with Gasteiger partial charge in [-0.25, -0.2) is 17.8 Å². The number of rotatable bonds is 1. The quantitative estimate of drug-likeness (QED) is 0.747. The van der Waals surface area contributed by atoms with Crippen molar-refractivity contribution in [3.8, 4) is 0 Å². The van der Waals surface area contributed by atoms with Crippen LogP contribution in [0.3, 0.4) is 0 Å². The molecule has 0 bridgehead atoms. The fourth-order valence-corrected chi connectivity index (χ4v) is 4.11. The lowest BCUT2D eigenvalue weighted by Gasteiger charge is -2.42. The summed E-state index contributed by atoms with van der Waals surface area (Å²) in [6.45, 7) is 4.45. The smallest absolute Gasteiger partial charge is 0.165 e. The third-order valence-corrected chi connectivity index (χ3v) is 6.75. The molecule has 1 aliphatic heterocycles. The summed E-state index contributed by atoms with van der Waals surface area (Å²) in [6.07, 6.45) is 0. The maximum Gasteiger partial charge on any atom is 0.165 e. The highest BCUT2D eigenvalue weighted by molar-refractivity contribution is 9.10. The normalized spacial score (nSPS) is 27.9. The van der Waals surface area contributed by atoms with Gasteiger partial charge >= 0.3 is 0 Å². The van der Waals surface area contributed by atoms with Crippen molar-refractivity contribution in [1.29, 1.82) is 5.41 Å². The Bertz CT molecular complexity index is 690. The average molecular weight is 364 g/mol. The first kappa shape index (κ1) is 15.4. The molecule has 0 radical (unpaired) electrons. The van der Waals surface area contributed by atoms with E-state index in [0.717, 1.165) is 0 Å². The van der Waals surface area contributed by atoms with E-state index < -0.39 is 25.9 Å². The van der Waals surface area contributed by atoms with E-state index in [-0.39, 0.29) is 17.3 Å². The van der Waals surface area contributed by atoms with Crippen molar-refractivity contribution in [1.82, 2.24) is 10.3 Å². The molecule has 0 amide bonds. The molecule has 0 saturated carbocycles. The SMILES string of the molecule is CC1(c2nc(Br)ccc2F)CS(=O)(=O)C(C)(C)C(=N)N1. The van der Waals surface area contributed by atoms with Gasteiger partial charge in [-0.1, -0.05) is 0 Å². The zero-order valence-corrected chi connectivity index (χ0v) is 13.7. The number of hydrogen-bond acceptors (Lipinski definition) is 4. The second-order valence-electron chi connectivity index (χ2n) is 5.57. The number of nitrogens with one attached hydrogen (secondary N) is 2. The Balaban J connectivity index is 2.58. The number of hydrogen-bond donors (Lipinski definition) is 2. The number of amidine groups is 1. The molecular weight excluding hydrogens is 349 g/mol. The predicted octanol–water partition coefficient (Wildman–Crippen LogP) is 1.97. The average Bonchev–Trinajstić information content (AvgIpc) is 2.29. The molecular formula is C12H15BrFN3O2S. The van der Waals surface area contributed by atoms with Gasteiger partial charge in [-0.15, -0.1) is 0 Å². The lowest BCUT2D eigenvalue weighted by molar-refractivity contribution is 0.409. The molecule has 0 aromatic carbocycles. The van der Waals surface area contributed by atoms with Crippen LogP contribution >= 0.6 is 15.9 Å². The maximum atomic E-state index is 14.0. The number of pyridine rings is 1. The van der Waals surface area contributed by atoms with Crippen LogP contribution in [0.5, 0.6) is 0 Å². The van der Waals surface area contributed by atoms with E-state index in [0.29, 0.717) is 4.60 Å². The predicted molar refractivity (Wildman–Crippen MR) is 78.0 cm³/mol. The van der Waals surface area contributed by atoms with Gasteiger partial charge in [-0.2, -0.15) is 0 Å². The van der Waals surface area contributed by atoms with Crippen LogP contribution in [0.15, 0.2) is 16.7 Å². The molecule has 1 fully saturated rings. The van der Waals surface area contributed by atoms with E-state index in [9.17, 15) is 12.8 Å². The minimum atomic E-state index is -3.60. The van der Waals surface area contributed by atoms with Crippen molar-refractivity contribution in [2.45, 2.75) is 31.1 Å². The molecule has 1 unspecified atom stereocenters. The van der Waals surface area contributed by atoms with Crippen molar-refractivity contribution in [2.24, 2.45) is 0 Å². The van der Waals surface area contributed by atoms with Crippen molar-refractivity contribution in [3.63, 3.8) is 0 Å². The molecule has 0 spiro atoms. The molecule has 2 rings (SSSR count). The van der Waals surface area contributed by atoms with E-state index in [4.69, 9.17) is 5.41 Å². The summed E-state index contributed by atoms with van der Waals surface area (Å²) in [5.41, 5.74) is -1.28. The molecule has 2 heterocycles. The fourth-order valence-electron chi connectivity index (χ4n) is 2.11. The Morgan fingerprint density at radius 2 is 2.00 bits per heavy atom. The fraction of sp³-hybridized carbons (Fsp3) is 0.500. The first-order valence-corrected chi connectivity index (χ1v) is 8.36. The Kier molecular flexibility index (Phi) is 3.45. The van der Waals surface area contributed by atoms with Crippen LogP contribution in [-0.4, -0.2) is 29.7 Å². The van der Waals surface area contributed by atoms with Crippen LogP contribution in [0.1, 0.15) is 26.5 Å². The van der Waals surface area contributed by atoms with Crippen molar-refractivity contribution >= 4 is 31.6 Å². The monoisotopic (exact) mass is 363 g/mol. The van der Waals surface area contributed by atoms with Crippen LogP contribution in [0.2, 0.25) is 0 Å². The van der Waals surface area contributed by atoms with Crippen LogP contribution in [-0.2, 0) is 15.4 Å². The zero-order valence-electron chi connectivity index (χ0n) is 11.3. The minimum Gasteiger partial charge on any atom is -0.361 e. The van der Waals surface area contributed by atoms with Crippen LogP contribution in [0.25, 0.3) is 0 Å². The van der Waals surface area contributed by atoms with E-state index >= 15 is 0 Å². The third kappa shape index (κ3) is 2.24. The minimum absolute atomic E-state index is 0.0179. The van der Waals surface area contributed by atoms with Crippen LogP contribution in [0.4, 0.5) is 4.39 Å². The van der Waals surface area contributed by atoms with Gasteiger partial charge in [-0.3, -0.25) is 5.41 Å². The van der Waals surface area contributed by atoms with Gasteiger partial charge in [0.25, 0.3) is 0 Å². The number of aromatic nitrogens is 1. The molecule has 8 heteroatoms. The van der Waals surface area contributed by atoms with E-state index in [1.807, 2.05) is 0 Å². The number of halogens is 2. The molecule has 5 nitrogen and oxygen atoms in total. The summed E-state index contributed by atoms with van der Waals surface area (Å²) in [5, 5.41) is 10.7. The largest absolute Gasteiger partial charge is 0.361 e. The van der Waals surface area contributed by atoms with Crippen LogP contribution in [0, 0.1) is 11.2 Å². The molecule has 0 aliphatic carbocycles. The highest BCUT2D eigenvalue weighted by atomic mass is 79.9. The second-order valence-corrected chi connectivity index (χ2v) is 8.92. The van der Waals surface area contributed by atoms with E-state index in [2.05, 4.69) is 26.2 Å². The first-order chi connectivity index (χ1) is 8.99. The maximum absolute atomic E-state index is 14.0. The van der Waals surface area contributed by atoms with Crippen molar-refractivity contribution in [3.05, 3.63) is 28.2 Å². The standard InChI is InChI=1S/C12H15BrFN3O2S/c1-11(2)10(15)17-12(3,6-20(11,18)19)9-7(14)4-5-8(13)16-9/h4-5H,6H2,1-3H3,(H2,15,17). The van der Waals surface area contributed by atoms with Crippen molar-refractivity contribution in [2.75, 3.05) is 5.75 Å². The Labute approximate surface area is 125 Å². The number of sulfone groups is 1. The molecule has 110 valence electrons. The second kappa shape index (κ2) is 4.49. The molecule has 1 atom stereocenters. The van der Waals surface area contributed by atoms with E-state index in [1.165, 1.54) is 32.9 Å². The van der Waals surface area contributed by atoms with Gasteiger partial charge < -0.3 is 5.32 Å². The molecule has 1 aromatic rings. The lowest BCUT2D eigenvalue weighted by Crippen LogP contribution is -2.64. The van der Waals surface area contributed by atoms with Gasteiger partial charge in [0.15, 0.2) is 9.84 Å². The zero-order chi connectivity index (χ0) is 15.3. The summed E-state index contributed by atoms with van der Waals surface area (Å²) in [7, 11) is -3.60. The third-order valence-electron chi connectivity index (χ3n) is 3.59. The van der Waals surface area contributed by atoms with Gasteiger partial charge in [0.05, 0.1) is 11.3 Å². The lowest BCUT2D eigenvalue weighted by atomic mass is 9.96. The number of nitrogens with zero attached hydrogens (tertiary/aromatic N) is 1. The molecule has 20 heavy (non-hydrogen) atoms. The molecule has 2 N–H and O–H groups in total. The highest BCUT2D eigenvalue weighted by Gasteiger charge is 2.51. The molecule has 1 saturated heterocycles. The first-order valence-electron chi connectivity index (χ1n) is 5.92. The van der Waals surface area contributed by atoms with Gasteiger partial charge in [0.2, 0.25) is 0 Å². The summed E-state index contributed by atoms with van der Waals surface area (Å²) >= 11 is 3.14. The topological polar surface area (TPSA) is 82.9 Å². The Morgan fingerprint density at radius 3 is 2.55 bits per heavy atom. The van der Waals surface area contributed by atoms with Crippen LogP contribution < -0.4 is 5.32 Å². The molecule has 1 aromatic heterocycles. The van der Waals surface area contributed by atoms with Gasteiger partial charge in [-0.05, 0) is 48.8 Å². The van der Waals surface area contributed by atoms with Crippen molar-refractivity contribution < 1.29 is 12.8 Å².